The van der Waals surface area contributed by atoms with Crippen LogP contribution in [0.1, 0.15) is 45.2 Å². The molecule has 1 unspecified atom stereocenters. The average Bonchev–Trinajstić information content (AvgIpc) is 3.25. The van der Waals surface area contributed by atoms with Gasteiger partial charge >= 0.3 is 5.97 Å². The lowest BCUT2D eigenvalue weighted by molar-refractivity contribution is -0.122. The monoisotopic (exact) mass is 530 g/mol. The Balaban J connectivity index is 1.67. The van der Waals surface area contributed by atoms with Crippen LogP contribution >= 0.6 is 0 Å². The van der Waals surface area contributed by atoms with Gasteiger partial charge in [0, 0.05) is 12.1 Å². The quantitative estimate of drug-likeness (QED) is 0.302. The lowest BCUT2D eigenvalue weighted by Crippen LogP contribution is -2.45. The lowest BCUT2D eigenvalue weighted by Gasteiger charge is -2.28. The van der Waals surface area contributed by atoms with Gasteiger partial charge in [0.2, 0.25) is 5.91 Å². The van der Waals surface area contributed by atoms with E-state index in [1.807, 2.05) is 31.2 Å². The van der Waals surface area contributed by atoms with Crippen molar-refractivity contribution < 1.29 is 33.4 Å². The van der Waals surface area contributed by atoms with Crippen LogP contribution in [0.15, 0.2) is 66.7 Å². The molecular formula is C30H30N2O7. The fourth-order valence-electron chi connectivity index (χ4n) is 4.44. The maximum absolute atomic E-state index is 13.8. The van der Waals surface area contributed by atoms with Gasteiger partial charge in [-0.05, 0) is 61.9 Å². The van der Waals surface area contributed by atoms with Crippen molar-refractivity contribution in [3.63, 3.8) is 0 Å². The van der Waals surface area contributed by atoms with Gasteiger partial charge in [0.1, 0.15) is 6.04 Å². The number of amides is 3. The van der Waals surface area contributed by atoms with Crippen LogP contribution in [0.3, 0.4) is 0 Å². The molecule has 0 aliphatic carbocycles. The Morgan fingerprint density at radius 1 is 0.897 bits per heavy atom. The van der Waals surface area contributed by atoms with Gasteiger partial charge in [-0.25, -0.2) is 9.69 Å². The van der Waals surface area contributed by atoms with E-state index in [1.54, 1.807) is 25.1 Å². The summed E-state index contributed by atoms with van der Waals surface area (Å²) in [5.41, 5.74) is 2.78. The number of benzene rings is 3. The van der Waals surface area contributed by atoms with E-state index < -0.39 is 29.7 Å². The Hall–Kier alpha value is -4.66. The SMILES string of the molecule is CCOC(=O)c1ccc(N2C(=O)CC(N(Cc3ccc(C)cc3)C(=O)c3ccc(OC)c(OC)c3)C2=O)cc1. The maximum atomic E-state index is 13.8. The molecular weight excluding hydrogens is 500 g/mol. The molecule has 0 radical (unpaired) electrons. The van der Waals surface area contributed by atoms with E-state index in [1.165, 1.54) is 43.4 Å². The van der Waals surface area contributed by atoms with Crippen LogP contribution in [0.4, 0.5) is 5.69 Å². The van der Waals surface area contributed by atoms with Crippen LogP contribution in [0, 0.1) is 6.92 Å². The first-order valence-corrected chi connectivity index (χ1v) is 12.5. The van der Waals surface area contributed by atoms with Crippen molar-refractivity contribution in [1.82, 2.24) is 4.90 Å². The van der Waals surface area contributed by atoms with Crippen LogP contribution in [-0.4, -0.2) is 55.5 Å². The van der Waals surface area contributed by atoms with E-state index in [0.29, 0.717) is 22.7 Å². The van der Waals surface area contributed by atoms with E-state index in [-0.39, 0.29) is 25.1 Å². The molecule has 39 heavy (non-hydrogen) atoms. The molecule has 1 saturated heterocycles. The number of hydrogen-bond donors (Lipinski definition) is 0. The summed E-state index contributed by atoms with van der Waals surface area (Å²) in [6.07, 6.45) is -0.177. The number of aryl methyl sites for hydroxylation is 1. The predicted molar refractivity (Wildman–Crippen MR) is 144 cm³/mol. The summed E-state index contributed by atoms with van der Waals surface area (Å²) in [5.74, 6) is -1.06. The van der Waals surface area contributed by atoms with Gasteiger partial charge in [-0.1, -0.05) is 29.8 Å². The molecule has 0 spiro atoms. The molecule has 9 nitrogen and oxygen atoms in total. The number of esters is 1. The van der Waals surface area contributed by atoms with Gasteiger partial charge in [0.25, 0.3) is 11.8 Å². The summed E-state index contributed by atoms with van der Waals surface area (Å²) in [6.45, 7) is 4.02. The molecule has 202 valence electrons. The molecule has 0 N–H and O–H groups in total. The zero-order valence-corrected chi connectivity index (χ0v) is 22.3. The second-order valence-corrected chi connectivity index (χ2v) is 9.04. The third-order valence-electron chi connectivity index (χ3n) is 6.50. The molecule has 1 heterocycles. The normalized spacial score (nSPS) is 14.8. The van der Waals surface area contributed by atoms with Crippen molar-refractivity contribution in [1.29, 1.82) is 0 Å². The molecule has 0 saturated carbocycles. The molecule has 1 fully saturated rings. The van der Waals surface area contributed by atoms with Crippen molar-refractivity contribution >= 4 is 29.4 Å². The number of methoxy groups -OCH3 is 2. The molecule has 4 rings (SSSR count). The highest BCUT2D eigenvalue weighted by molar-refractivity contribution is 6.23. The lowest BCUT2D eigenvalue weighted by atomic mass is 10.1. The second-order valence-electron chi connectivity index (χ2n) is 9.04. The third-order valence-corrected chi connectivity index (χ3v) is 6.50. The Kier molecular flexibility index (Phi) is 8.29. The number of hydrogen-bond acceptors (Lipinski definition) is 7. The number of carbonyl (C=O) groups excluding carboxylic acids is 4. The summed E-state index contributed by atoms with van der Waals surface area (Å²) in [7, 11) is 2.97. The van der Waals surface area contributed by atoms with E-state index in [9.17, 15) is 19.2 Å². The molecule has 0 bridgehead atoms. The number of rotatable bonds is 9. The number of carbonyl (C=O) groups is 4. The fourth-order valence-corrected chi connectivity index (χ4v) is 4.44. The Bertz CT molecular complexity index is 1380. The zero-order valence-electron chi connectivity index (χ0n) is 22.3. The molecule has 1 atom stereocenters. The van der Waals surface area contributed by atoms with E-state index in [4.69, 9.17) is 14.2 Å². The molecule has 9 heteroatoms. The first kappa shape index (κ1) is 27.4. The third kappa shape index (κ3) is 5.77. The molecule has 3 aromatic rings. The van der Waals surface area contributed by atoms with Gasteiger partial charge in [-0.15, -0.1) is 0 Å². The first-order chi connectivity index (χ1) is 18.8. The highest BCUT2D eigenvalue weighted by atomic mass is 16.5. The van der Waals surface area contributed by atoms with Gasteiger partial charge < -0.3 is 19.1 Å². The van der Waals surface area contributed by atoms with E-state index in [2.05, 4.69) is 0 Å². The fraction of sp³-hybridized carbons (Fsp3) is 0.267. The average molecular weight is 531 g/mol. The number of nitrogens with zero attached hydrogens (tertiary/aromatic N) is 2. The van der Waals surface area contributed by atoms with Crippen LogP contribution < -0.4 is 14.4 Å². The highest BCUT2D eigenvalue weighted by Gasteiger charge is 2.44. The van der Waals surface area contributed by atoms with Gasteiger partial charge in [-0.3, -0.25) is 14.4 Å². The minimum absolute atomic E-state index is 0.118. The number of ether oxygens (including phenoxy) is 3. The minimum Gasteiger partial charge on any atom is -0.493 e. The Labute approximate surface area is 226 Å². The largest absolute Gasteiger partial charge is 0.493 e. The van der Waals surface area contributed by atoms with Gasteiger partial charge in [-0.2, -0.15) is 0 Å². The standard InChI is InChI=1S/C30H30N2O7/c1-5-39-30(36)21-10-13-23(14-11-21)32-27(33)17-24(29(32)35)31(18-20-8-6-19(2)7-9-20)28(34)22-12-15-25(37-3)26(16-22)38-4/h6-16,24H,5,17-18H2,1-4H3. The van der Waals surface area contributed by atoms with Crippen LogP contribution in [0.2, 0.25) is 0 Å². The van der Waals surface area contributed by atoms with Crippen LogP contribution in [0.25, 0.3) is 0 Å². The molecule has 3 amide bonds. The zero-order chi connectivity index (χ0) is 28.1. The first-order valence-electron chi connectivity index (χ1n) is 12.5. The summed E-state index contributed by atoms with van der Waals surface area (Å²) < 4.78 is 15.6. The molecule has 1 aliphatic heterocycles. The van der Waals surface area contributed by atoms with Crippen molar-refractivity contribution in [2.24, 2.45) is 0 Å². The maximum Gasteiger partial charge on any atom is 0.338 e. The minimum atomic E-state index is -1.02. The Morgan fingerprint density at radius 2 is 1.54 bits per heavy atom. The van der Waals surface area contributed by atoms with Crippen molar-refractivity contribution in [3.8, 4) is 11.5 Å². The summed E-state index contributed by atoms with van der Waals surface area (Å²) in [6, 6.07) is 17.4. The summed E-state index contributed by atoms with van der Waals surface area (Å²) in [4.78, 5) is 55.1. The van der Waals surface area contributed by atoms with E-state index in [0.717, 1.165) is 16.0 Å². The summed E-state index contributed by atoms with van der Waals surface area (Å²) >= 11 is 0. The molecule has 3 aromatic carbocycles. The van der Waals surface area contributed by atoms with Crippen molar-refractivity contribution in [2.75, 3.05) is 25.7 Å². The van der Waals surface area contributed by atoms with Gasteiger partial charge in [0.15, 0.2) is 11.5 Å². The predicted octanol–water partition coefficient (Wildman–Crippen LogP) is 4.16. The smallest absolute Gasteiger partial charge is 0.338 e. The highest BCUT2D eigenvalue weighted by Crippen LogP contribution is 2.31. The molecule has 0 aromatic heterocycles. The summed E-state index contributed by atoms with van der Waals surface area (Å²) in [5, 5.41) is 0. The second kappa shape index (κ2) is 11.8. The van der Waals surface area contributed by atoms with Crippen molar-refractivity contribution in [3.05, 3.63) is 89.0 Å². The van der Waals surface area contributed by atoms with E-state index >= 15 is 0 Å². The van der Waals surface area contributed by atoms with Crippen molar-refractivity contribution in [2.45, 2.75) is 32.9 Å². The van der Waals surface area contributed by atoms with Crippen LogP contribution in [0.5, 0.6) is 11.5 Å². The topological polar surface area (TPSA) is 102 Å². The number of imide groups is 1. The van der Waals surface area contributed by atoms with Crippen LogP contribution in [-0.2, 0) is 20.9 Å². The van der Waals surface area contributed by atoms with Gasteiger partial charge in [0.05, 0.1) is 38.5 Å². The number of anilines is 1. The molecule has 1 aliphatic rings. The Morgan fingerprint density at radius 3 is 2.15 bits per heavy atom.